The summed E-state index contributed by atoms with van der Waals surface area (Å²) in [4.78, 5) is 25.3. The highest BCUT2D eigenvalue weighted by Gasteiger charge is 2.59. The van der Waals surface area contributed by atoms with Crippen LogP contribution < -0.4 is 9.47 Å². The Morgan fingerprint density at radius 3 is 2.34 bits per heavy atom. The minimum atomic E-state index is -0.477. The standard InChI is InChI=1S/C47H63NO5/c1-32(2)10-9-11-33(3)41-23-24-42-40-22-17-36-30-39(25-27-46(36,4)43(40)26-28-47(41,42)5)52-44(49)12-7-6-8-29-51-37-18-20-38(21-19-37)53-45(50)35-15-13-34(31-48)14-16-35/h13-21,32-33,39-43H,6-12,22-30H2,1-5H3/t33-,39+,40+,41-,42+,43+,46+,47-/m1/s1. The maximum atomic E-state index is 12.9. The molecule has 6 rings (SSSR count). The zero-order valence-corrected chi connectivity index (χ0v) is 33.0. The number of carbonyl (C=O) groups excluding carboxylic acids is 2. The fraction of sp³-hybridized carbons (Fsp3) is 0.638. The molecule has 2 aromatic carbocycles. The van der Waals surface area contributed by atoms with Crippen LogP contribution >= 0.6 is 0 Å². The summed E-state index contributed by atoms with van der Waals surface area (Å²) in [6, 6.07) is 15.3. The van der Waals surface area contributed by atoms with Gasteiger partial charge in [0.2, 0.25) is 0 Å². The van der Waals surface area contributed by atoms with Gasteiger partial charge in [0, 0.05) is 12.8 Å². The summed E-state index contributed by atoms with van der Waals surface area (Å²) < 4.78 is 17.4. The van der Waals surface area contributed by atoms with Crippen molar-refractivity contribution < 1.29 is 23.8 Å². The number of hydrogen-bond acceptors (Lipinski definition) is 6. The summed E-state index contributed by atoms with van der Waals surface area (Å²) in [5.74, 6) is 5.61. The van der Waals surface area contributed by atoms with E-state index in [0.717, 1.165) is 74.0 Å². The maximum Gasteiger partial charge on any atom is 0.343 e. The van der Waals surface area contributed by atoms with E-state index in [1.807, 2.05) is 6.07 Å². The number of allylic oxidation sites excluding steroid dienone is 1. The molecule has 6 nitrogen and oxygen atoms in total. The van der Waals surface area contributed by atoms with Crippen molar-refractivity contribution in [1.82, 2.24) is 0 Å². The largest absolute Gasteiger partial charge is 0.494 e. The summed E-state index contributed by atoms with van der Waals surface area (Å²) in [5, 5.41) is 8.93. The molecule has 0 N–H and O–H groups in total. The number of nitriles is 1. The van der Waals surface area contributed by atoms with Crippen molar-refractivity contribution in [2.45, 2.75) is 137 Å². The second kappa shape index (κ2) is 17.3. The number of esters is 2. The van der Waals surface area contributed by atoms with Crippen molar-refractivity contribution in [2.24, 2.45) is 46.3 Å². The smallest absolute Gasteiger partial charge is 0.343 e. The lowest BCUT2D eigenvalue weighted by Crippen LogP contribution is -2.51. The van der Waals surface area contributed by atoms with Crippen LogP contribution in [0.2, 0.25) is 0 Å². The summed E-state index contributed by atoms with van der Waals surface area (Å²) in [6.07, 6.45) is 19.7. The average molecular weight is 722 g/mol. The van der Waals surface area contributed by atoms with Crippen molar-refractivity contribution in [3.8, 4) is 17.6 Å². The van der Waals surface area contributed by atoms with E-state index in [1.54, 1.807) is 54.1 Å². The van der Waals surface area contributed by atoms with Crippen LogP contribution in [0, 0.1) is 57.7 Å². The van der Waals surface area contributed by atoms with Gasteiger partial charge in [0.25, 0.3) is 0 Å². The molecular weight excluding hydrogens is 659 g/mol. The minimum absolute atomic E-state index is 0.0180. The molecule has 286 valence electrons. The quantitative estimate of drug-likeness (QED) is 0.0787. The number of unbranched alkanes of at least 4 members (excludes halogenated alkanes) is 2. The number of rotatable bonds is 15. The molecule has 0 unspecified atom stereocenters. The third-order valence-electron chi connectivity index (χ3n) is 14.1. The van der Waals surface area contributed by atoms with Crippen LogP contribution in [-0.4, -0.2) is 24.6 Å². The first-order valence-corrected chi connectivity index (χ1v) is 20.8. The van der Waals surface area contributed by atoms with Gasteiger partial charge in [-0.1, -0.05) is 65.5 Å². The van der Waals surface area contributed by atoms with E-state index in [-0.39, 0.29) is 17.5 Å². The van der Waals surface area contributed by atoms with Gasteiger partial charge in [-0.05, 0) is 159 Å². The molecule has 3 fully saturated rings. The number of nitrogens with zero attached hydrogens (tertiary/aromatic N) is 1. The first-order chi connectivity index (χ1) is 25.5. The van der Waals surface area contributed by atoms with E-state index in [0.29, 0.717) is 41.1 Å². The van der Waals surface area contributed by atoms with Crippen molar-refractivity contribution in [3.63, 3.8) is 0 Å². The van der Waals surface area contributed by atoms with Gasteiger partial charge in [0.05, 0.1) is 23.8 Å². The topological polar surface area (TPSA) is 85.6 Å². The number of hydrogen-bond donors (Lipinski definition) is 0. The zero-order chi connectivity index (χ0) is 37.6. The molecule has 53 heavy (non-hydrogen) atoms. The molecule has 0 radical (unpaired) electrons. The molecule has 0 saturated heterocycles. The molecule has 0 amide bonds. The number of carbonyl (C=O) groups is 2. The van der Waals surface area contributed by atoms with Crippen LogP contribution in [0.1, 0.15) is 147 Å². The lowest BCUT2D eigenvalue weighted by atomic mass is 9.47. The molecule has 0 aliphatic heterocycles. The van der Waals surface area contributed by atoms with Crippen LogP contribution in [0.5, 0.6) is 11.5 Å². The Hall–Kier alpha value is -3.59. The molecule has 2 aromatic rings. The summed E-state index contributed by atoms with van der Waals surface area (Å²) in [6.45, 7) is 13.1. The van der Waals surface area contributed by atoms with Crippen molar-refractivity contribution in [2.75, 3.05) is 6.61 Å². The third-order valence-corrected chi connectivity index (χ3v) is 14.1. The molecule has 8 atom stereocenters. The van der Waals surface area contributed by atoms with Crippen molar-refractivity contribution >= 4 is 11.9 Å². The van der Waals surface area contributed by atoms with Gasteiger partial charge < -0.3 is 14.2 Å². The highest BCUT2D eigenvalue weighted by Crippen LogP contribution is 2.67. The SMILES string of the molecule is CC(C)CCC[C@@H](C)[C@H]1CC[C@H]2[C@@H]3CC=C4C[C@@H](OC(=O)CCCCCOc5ccc(OC(=O)c6ccc(C#N)cc6)cc5)CC[C@]4(C)[C@H]3CC[C@]12C. The Morgan fingerprint density at radius 1 is 0.849 bits per heavy atom. The molecule has 0 spiro atoms. The summed E-state index contributed by atoms with van der Waals surface area (Å²) in [7, 11) is 0. The van der Waals surface area contributed by atoms with Crippen LogP contribution in [0.4, 0.5) is 0 Å². The number of ether oxygens (including phenoxy) is 3. The molecule has 6 heteroatoms. The average Bonchev–Trinajstić information content (AvgIpc) is 3.51. The van der Waals surface area contributed by atoms with Crippen LogP contribution in [-0.2, 0) is 9.53 Å². The Balaban J connectivity index is 0.888. The fourth-order valence-electron chi connectivity index (χ4n) is 11.2. The van der Waals surface area contributed by atoms with Gasteiger partial charge in [0.1, 0.15) is 17.6 Å². The predicted octanol–water partition coefficient (Wildman–Crippen LogP) is 11.7. The van der Waals surface area contributed by atoms with E-state index in [9.17, 15) is 9.59 Å². The first kappa shape index (κ1) is 39.1. The van der Waals surface area contributed by atoms with E-state index in [1.165, 1.54) is 51.4 Å². The molecule has 0 heterocycles. The first-order valence-electron chi connectivity index (χ1n) is 20.8. The molecule has 4 aliphatic rings. The Labute approximate surface area is 319 Å². The van der Waals surface area contributed by atoms with E-state index in [2.05, 4.69) is 40.7 Å². The number of benzene rings is 2. The van der Waals surface area contributed by atoms with E-state index in [4.69, 9.17) is 19.5 Å². The highest BCUT2D eigenvalue weighted by molar-refractivity contribution is 5.91. The van der Waals surface area contributed by atoms with Gasteiger partial charge in [-0.25, -0.2) is 4.79 Å². The Kier molecular flexibility index (Phi) is 12.7. The monoisotopic (exact) mass is 721 g/mol. The van der Waals surface area contributed by atoms with Crippen molar-refractivity contribution in [3.05, 3.63) is 71.3 Å². The molecule has 0 aromatic heterocycles. The van der Waals surface area contributed by atoms with Crippen molar-refractivity contribution in [1.29, 1.82) is 5.26 Å². The molecule has 4 aliphatic carbocycles. The van der Waals surface area contributed by atoms with Gasteiger partial charge in [0.15, 0.2) is 0 Å². The molecule has 0 bridgehead atoms. The fourth-order valence-corrected chi connectivity index (χ4v) is 11.2. The predicted molar refractivity (Wildman–Crippen MR) is 209 cm³/mol. The van der Waals surface area contributed by atoms with Gasteiger partial charge >= 0.3 is 11.9 Å². The minimum Gasteiger partial charge on any atom is -0.494 e. The highest BCUT2D eigenvalue weighted by atomic mass is 16.5. The van der Waals surface area contributed by atoms with Crippen LogP contribution in [0.25, 0.3) is 0 Å². The zero-order valence-electron chi connectivity index (χ0n) is 33.0. The number of fused-ring (bicyclic) bond motifs is 5. The third kappa shape index (κ3) is 9.04. The molecular formula is C47H63NO5. The normalized spacial score (nSPS) is 29.5. The molecule has 3 saturated carbocycles. The lowest BCUT2D eigenvalue weighted by Gasteiger charge is -2.58. The Bertz CT molecular complexity index is 1620. The summed E-state index contributed by atoms with van der Waals surface area (Å²) >= 11 is 0. The van der Waals surface area contributed by atoms with Crippen LogP contribution in [0.15, 0.2) is 60.2 Å². The van der Waals surface area contributed by atoms with Crippen LogP contribution in [0.3, 0.4) is 0 Å². The summed E-state index contributed by atoms with van der Waals surface area (Å²) in [5.41, 5.74) is 3.24. The second-order valence-corrected chi connectivity index (χ2v) is 17.9. The van der Waals surface area contributed by atoms with E-state index < -0.39 is 5.97 Å². The maximum absolute atomic E-state index is 12.9. The van der Waals surface area contributed by atoms with Gasteiger partial charge in [-0.2, -0.15) is 5.26 Å². The van der Waals surface area contributed by atoms with E-state index >= 15 is 0 Å². The lowest BCUT2D eigenvalue weighted by molar-refractivity contribution is -0.151. The van der Waals surface area contributed by atoms with Gasteiger partial charge in [-0.3, -0.25) is 4.79 Å². The Morgan fingerprint density at radius 2 is 1.60 bits per heavy atom. The van der Waals surface area contributed by atoms with Gasteiger partial charge in [-0.15, -0.1) is 0 Å². The second-order valence-electron chi connectivity index (χ2n) is 17.9.